The summed E-state index contributed by atoms with van der Waals surface area (Å²) in [5.74, 6) is 0.960. The Morgan fingerprint density at radius 1 is 1.27 bits per heavy atom. The Balaban J connectivity index is 1.68. The number of nitrogens with zero attached hydrogens (tertiary/aromatic N) is 2. The molecule has 0 fully saturated rings. The predicted octanol–water partition coefficient (Wildman–Crippen LogP) is 4.15. The average molecular weight is 352 g/mol. The fraction of sp³-hybridized carbons (Fsp3) is 0.500. The molecule has 1 aromatic carbocycles. The van der Waals surface area contributed by atoms with Gasteiger partial charge in [-0.15, -0.1) is 0 Å². The summed E-state index contributed by atoms with van der Waals surface area (Å²) in [5, 5.41) is 4.52. The monoisotopic (exact) mass is 352 g/mol. The number of ketones is 1. The molecular formula is C22H28N2O2. The number of rotatable bonds is 6. The molecular weight excluding hydrogens is 324 g/mol. The summed E-state index contributed by atoms with van der Waals surface area (Å²) < 4.78 is 1.57. The van der Waals surface area contributed by atoms with Gasteiger partial charge in [-0.1, -0.05) is 45.0 Å². The third kappa shape index (κ3) is 4.12. The molecule has 1 atom stereocenters. The number of benzene rings is 1. The second kappa shape index (κ2) is 7.98. The van der Waals surface area contributed by atoms with Crippen LogP contribution in [0.15, 0.2) is 35.1 Å². The standard InChI is InChI=1S/C22H28N2O2/c1-4-11-24-22(26)14-19-12-16(5-10-20(19)23-24)13-21(25)18-8-6-17(7-9-18)15(2)3/h6-9,14-16H,4-5,10-13H2,1-3H3. The van der Waals surface area contributed by atoms with Crippen molar-refractivity contribution >= 4 is 5.78 Å². The van der Waals surface area contributed by atoms with E-state index in [1.165, 1.54) is 5.56 Å². The molecule has 138 valence electrons. The molecule has 0 saturated heterocycles. The summed E-state index contributed by atoms with van der Waals surface area (Å²) in [6.07, 6.45) is 4.03. The van der Waals surface area contributed by atoms with Crippen LogP contribution in [0.4, 0.5) is 0 Å². The minimum absolute atomic E-state index is 0.0261. The van der Waals surface area contributed by atoms with Gasteiger partial charge >= 0.3 is 0 Å². The van der Waals surface area contributed by atoms with Crippen LogP contribution in [-0.4, -0.2) is 15.6 Å². The zero-order valence-electron chi connectivity index (χ0n) is 16.0. The molecule has 1 heterocycles. The van der Waals surface area contributed by atoms with Gasteiger partial charge in [-0.25, -0.2) is 4.68 Å². The highest BCUT2D eigenvalue weighted by Crippen LogP contribution is 2.27. The van der Waals surface area contributed by atoms with Gasteiger partial charge in [-0.3, -0.25) is 9.59 Å². The van der Waals surface area contributed by atoms with Gasteiger partial charge < -0.3 is 0 Å². The lowest BCUT2D eigenvalue weighted by Gasteiger charge is -2.23. The van der Waals surface area contributed by atoms with Crippen LogP contribution >= 0.6 is 0 Å². The van der Waals surface area contributed by atoms with Crippen molar-refractivity contribution in [2.24, 2.45) is 5.92 Å². The predicted molar refractivity (Wildman–Crippen MR) is 104 cm³/mol. The van der Waals surface area contributed by atoms with Crippen molar-refractivity contribution in [3.63, 3.8) is 0 Å². The van der Waals surface area contributed by atoms with Crippen molar-refractivity contribution in [3.8, 4) is 0 Å². The van der Waals surface area contributed by atoms with E-state index in [9.17, 15) is 9.59 Å². The van der Waals surface area contributed by atoms with Gasteiger partial charge in [0.2, 0.25) is 0 Å². The maximum Gasteiger partial charge on any atom is 0.267 e. The van der Waals surface area contributed by atoms with E-state index < -0.39 is 0 Å². The Morgan fingerprint density at radius 2 is 2.00 bits per heavy atom. The molecule has 0 radical (unpaired) electrons. The summed E-state index contributed by atoms with van der Waals surface area (Å²) in [6, 6.07) is 9.72. The number of Topliss-reactive ketones (excluding diaryl/α,β-unsaturated/α-hetero) is 1. The molecule has 0 amide bonds. The first-order chi connectivity index (χ1) is 12.5. The third-order valence-electron chi connectivity index (χ3n) is 5.27. The van der Waals surface area contributed by atoms with Gasteiger partial charge in [0, 0.05) is 24.6 Å². The average Bonchev–Trinajstić information content (AvgIpc) is 2.62. The van der Waals surface area contributed by atoms with Crippen LogP contribution in [-0.2, 0) is 19.4 Å². The van der Waals surface area contributed by atoms with E-state index in [0.717, 1.165) is 42.5 Å². The van der Waals surface area contributed by atoms with Crippen LogP contribution in [0.5, 0.6) is 0 Å². The van der Waals surface area contributed by atoms with Crippen LogP contribution in [0, 0.1) is 5.92 Å². The summed E-state index contributed by atoms with van der Waals surface area (Å²) in [4.78, 5) is 24.8. The van der Waals surface area contributed by atoms with Gasteiger partial charge in [-0.05, 0) is 48.6 Å². The van der Waals surface area contributed by atoms with Crippen molar-refractivity contribution in [3.05, 3.63) is 63.1 Å². The van der Waals surface area contributed by atoms with Crippen molar-refractivity contribution in [1.82, 2.24) is 9.78 Å². The topological polar surface area (TPSA) is 52.0 Å². The van der Waals surface area contributed by atoms with Crippen LogP contribution < -0.4 is 5.56 Å². The SMILES string of the molecule is CCCn1nc2c(cc1=O)CC(CC(=O)c1ccc(C(C)C)cc1)CC2. The number of carbonyl (C=O) groups is 1. The number of hydrogen-bond acceptors (Lipinski definition) is 3. The molecule has 0 aliphatic heterocycles. The number of aryl methyl sites for hydroxylation is 2. The lowest BCUT2D eigenvalue weighted by Crippen LogP contribution is -2.28. The molecule has 4 heteroatoms. The van der Waals surface area contributed by atoms with E-state index in [0.29, 0.717) is 24.8 Å². The molecule has 26 heavy (non-hydrogen) atoms. The van der Waals surface area contributed by atoms with Gasteiger partial charge in [-0.2, -0.15) is 5.10 Å². The summed E-state index contributed by atoms with van der Waals surface area (Å²) >= 11 is 0. The molecule has 1 aromatic heterocycles. The van der Waals surface area contributed by atoms with Gasteiger partial charge in [0.1, 0.15) is 0 Å². The van der Waals surface area contributed by atoms with E-state index in [2.05, 4.69) is 18.9 Å². The first-order valence-electron chi connectivity index (χ1n) is 9.71. The second-order valence-corrected chi connectivity index (χ2v) is 7.69. The first kappa shape index (κ1) is 18.6. The Bertz CT molecular complexity index is 834. The molecule has 1 unspecified atom stereocenters. The summed E-state index contributed by atoms with van der Waals surface area (Å²) in [5.41, 5.74) is 4.07. The molecule has 0 saturated carbocycles. The van der Waals surface area contributed by atoms with Crippen molar-refractivity contribution in [2.75, 3.05) is 0 Å². The van der Waals surface area contributed by atoms with Gasteiger partial charge in [0.05, 0.1) is 5.69 Å². The van der Waals surface area contributed by atoms with E-state index in [-0.39, 0.29) is 11.3 Å². The molecule has 4 nitrogen and oxygen atoms in total. The smallest absolute Gasteiger partial charge is 0.267 e. The summed E-state index contributed by atoms with van der Waals surface area (Å²) in [6.45, 7) is 7.01. The Morgan fingerprint density at radius 3 is 2.65 bits per heavy atom. The quantitative estimate of drug-likeness (QED) is 0.734. The highest BCUT2D eigenvalue weighted by Gasteiger charge is 2.23. The zero-order valence-corrected chi connectivity index (χ0v) is 16.0. The fourth-order valence-corrected chi connectivity index (χ4v) is 3.69. The van der Waals surface area contributed by atoms with E-state index >= 15 is 0 Å². The molecule has 3 rings (SSSR count). The van der Waals surface area contributed by atoms with Crippen LogP contribution in [0.2, 0.25) is 0 Å². The third-order valence-corrected chi connectivity index (χ3v) is 5.27. The van der Waals surface area contributed by atoms with Gasteiger partial charge in [0.25, 0.3) is 5.56 Å². The molecule has 0 spiro atoms. The van der Waals surface area contributed by atoms with E-state index in [1.807, 2.05) is 31.2 Å². The zero-order chi connectivity index (χ0) is 18.7. The number of hydrogen-bond donors (Lipinski definition) is 0. The van der Waals surface area contributed by atoms with Crippen LogP contribution in [0.1, 0.15) is 73.1 Å². The van der Waals surface area contributed by atoms with Gasteiger partial charge in [0.15, 0.2) is 5.78 Å². The molecule has 0 N–H and O–H groups in total. The lowest BCUT2D eigenvalue weighted by molar-refractivity contribution is 0.0957. The minimum atomic E-state index is -0.0261. The molecule has 2 aromatic rings. The summed E-state index contributed by atoms with van der Waals surface area (Å²) in [7, 11) is 0. The number of fused-ring (bicyclic) bond motifs is 1. The Kier molecular flexibility index (Phi) is 5.70. The van der Waals surface area contributed by atoms with E-state index in [4.69, 9.17) is 0 Å². The Labute approximate surface area is 155 Å². The maximum absolute atomic E-state index is 12.6. The highest BCUT2D eigenvalue weighted by molar-refractivity contribution is 5.96. The van der Waals surface area contributed by atoms with Crippen LogP contribution in [0.25, 0.3) is 0 Å². The minimum Gasteiger partial charge on any atom is -0.294 e. The Hall–Kier alpha value is -2.23. The van der Waals surface area contributed by atoms with Crippen molar-refractivity contribution in [1.29, 1.82) is 0 Å². The molecule has 0 bridgehead atoms. The maximum atomic E-state index is 12.6. The fourth-order valence-electron chi connectivity index (χ4n) is 3.69. The molecule has 1 aliphatic rings. The van der Waals surface area contributed by atoms with Crippen molar-refractivity contribution in [2.45, 2.75) is 65.3 Å². The lowest BCUT2D eigenvalue weighted by atomic mass is 9.83. The largest absolute Gasteiger partial charge is 0.294 e. The van der Waals surface area contributed by atoms with E-state index in [1.54, 1.807) is 10.7 Å². The number of aromatic nitrogens is 2. The highest BCUT2D eigenvalue weighted by atomic mass is 16.1. The van der Waals surface area contributed by atoms with Crippen molar-refractivity contribution < 1.29 is 4.79 Å². The number of carbonyl (C=O) groups excluding carboxylic acids is 1. The molecule has 1 aliphatic carbocycles. The first-order valence-corrected chi connectivity index (χ1v) is 9.71. The normalized spacial score (nSPS) is 16.5. The second-order valence-electron chi connectivity index (χ2n) is 7.69. The van der Waals surface area contributed by atoms with Crippen LogP contribution in [0.3, 0.4) is 0 Å².